The molecule has 1 aromatic rings. The third kappa shape index (κ3) is 2.86. The van der Waals surface area contributed by atoms with Crippen molar-refractivity contribution in [2.75, 3.05) is 19.8 Å². The first-order valence-corrected chi connectivity index (χ1v) is 5.85. The maximum absolute atomic E-state index is 12.9. The highest BCUT2D eigenvalue weighted by Gasteiger charge is 2.32. The normalized spacial score (nSPS) is 23.1. The first-order valence-electron chi connectivity index (χ1n) is 5.85. The van der Waals surface area contributed by atoms with Crippen molar-refractivity contribution in [3.63, 3.8) is 0 Å². The second-order valence-electron chi connectivity index (χ2n) is 4.67. The second kappa shape index (κ2) is 5.04. The summed E-state index contributed by atoms with van der Waals surface area (Å²) in [5, 5.41) is 12.7. The fraction of sp³-hybridized carbons (Fsp3) is 0.462. The number of hydrogen-bond donors (Lipinski definition) is 2. The van der Waals surface area contributed by atoms with Crippen LogP contribution in [0.25, 0.3) is 0 Å². The van der Waals surface area contributed by atoms with E-state index in [0.29, 0.717) is 24.2 Å². The predicted molar refractivity (Wildman–Crippen MR) is 63.9 cm³/mol. The minimum atomic E-state index is -0.983. The Bertz CT molecular complexity index is 456. The van der Waals surface area contributed by atoms with Gasteiger partial charge in [-0.25, -0.2) is 4.39 Å². The molecule has 1 fully saturated rings. The van der Waals surface area contributed by atoms with Crippen LogP contribution in [-0.2, 0) is 4.74 Å². The van der Waals surface area contributed by atoms with Gasteiger partial charge in [0.25, 0.3) is 5.91 Å². The molecule has 98 valence electrons. The molecule has 2 N–H and O–H groups in total. The minimum Gasteiger partial charge on any atom is -0.386 e. The van der Waals surface area contributed by atoms with E-state index in [4.69, 9.17) is 4.74 Å². The average Bonchev–Trinajstić information content (AvgIpc) is 2.74. The Morgan fingerprint density at radius 2 is 2.39 bits per heavy atom. The molecule has 2 rings (SSSR count). The summed E-state index contributed by atoms with van der Waals surface area (Å²) in [6, 6.07) is 3.99. The summed E-state index contributed by atoms with van der Waals surface area (Å²) in [6.07, 6.45) is 0.510. The van der Waals surface area contributed by atoms with Crippen molar-refractivity contribution in [2.45, 2.75) is 18.9 Å². The van der Waals surface area contributed by atoms with E-state index in [1.54, 1.807) is 6.92 Å². The molecular formula is C13H16FNO3. The lowest BCUT2D eigenvalue weighted by Gasteiger charge is -2.20. The summed E-state index contributed by atoms with van der Waals surface area (Å²) in [4.78, 5) is 11.9. The number of carbonyl (C=O) groups is 1. The second-order valence-corrected chi connectivity index (χ2v) is 4.67. The molecule has 1 saturated heterocycles. The standard InChI is InChI=1S/C13H16FNO3/c1-9-6-10(14)2-3-11(9)12(16)15-7-13(17)4-5-18-8-13/h2-3,6,17H,4-5,7-8H2,1H3,(H,15,16). The highest BCUT2D eigenvalue weighted by atomic mass is 19.1. The Morgan fingerprint density at radius 3 is 3.00 bits per heavy atom. The van der Waals surface area contributed by atoms with Crippen molar-refractivity contribution in [3.8, 4) is 0 Å². The first-order chi connectivity index (χ1) is 8.50. The Balaban J connectivity index is 1.99. The quantitative estimate of drug-likeness (QED) is 0.845. The van der Waals surface area contributed by atoms with Gasteiger partial charge < -0.3 is 15.2 Å². The molecule has 1 heterocycles. The van der Waals surface area contributed by atoms with Gasteiger partial charge in [-0.15, -0.1) is 0 Å². The van der Waals surface area contributed by atoms with Crippen LogP contribution in [0.15, 0.2) is 18.2 Å². The van der Waals surface area contributed by atoms with Crippen LogP contribution < -0.4 is 5.32 Å². The molecule has 0 radical (unpaired) electrons. The minimum absolute atomic E-state index is 0.142. The van der Waals surface area contributed by atoms with Crippen LogP contribution in [0.5, 0.6) is 0 Å². The Kier molecular flexibility index (Phi) is 3.63. The molecule has 5 heteroatoms. The van der Waals surface area contributed by atoms with E-state index in [-0.39, 0.29) is 24.9 Å². The van der Waals surface area contributed by atoms with E-state index in [0.717, 1.165) is 0 Å². The zero-order valence-electron chi connectivity index (χ0n) is 10.2. The Hall–Kier alpha value is -1.46. The summed E-state index contributed by atoms with van der Waals surface area (Å²) in [5.41, 5.74) is 0.00456. The number of carbonyl (C=O) groups excluding carboxylic acids is 1. The number of ether oxygens (including phenoxy) is 1. The fourth-order valence-electron chi connectivity index (χ4n) is 1.96. The van der Waals surface area contributed by atoms with E-state index in [1.165, 1.54) is 18.2 Å². The molecule has 1 aliphatic rings. The highest BCUT2D eigenvalue weighted by Crippen LogP contribution is 2.17. The monoisotopic (exact) mass is 253 g/mol. The number of aryl methyl sites for hydroxylation is 1. The predicted octanol–water partition coefficient (Wildman–Crippen LogP) is 1.02. The SMILES string of the molecule is Cc1cc(F)ccc1C(=O)NCC1(O)CCOC1. The van der Waals surface area contributed by atoms with Crippen LogP contribution >= 0.6 is 0 Å². The zero-order chi connectivity index (χ0) is 13.2. The lowest BCUT2D eigenvalue weighted by molar-refractivity contribution is 0.0264. The third-order valence-electron chi connectivity index (χ3n) is 3.09. The van der Waals surface area contributed by atoms with Crippen molar-refractivity contribution in [1.82, 2.24) is 5.32 Å². The first kappa shape index (κ1) is 13.0. The maximum Gasteiger partial charge on any atom is 0.251 e. The van der Waals surface area contributed by atoms with Gasteiger partial charge in [0.05, 0.1) is 6.61 Å². The van der Waals surface area contributed by atoms with E-state index < -0.39 is 5.60 Å². The van der Waals surface area contributed by atoms with Gasteiger partial charge in [-0.1, -0.05) is 0 Å². The summed E-state index contributed by atoms with van der Waals surface area (Å²) in [7, 11) is 0. The summed E-state index contributed by atoms with van der Waals surface area (Å²) >= 11 is 0. The van der Waals surface area contributed by atoms with Crippen molar-refractivity contribution >= 4 is 5.91 Å². The van der Waals surface area contributed by atoms with Gasteiger partial charge in [-0.05, 0) is 30.7 Å². The van der Waals surface area contributed by atoms with E-state index in [1.807, 2.05) is 0 Å². The number of amides is 1. The Labute approximate surface area is 105 Å². The van der Waals surface area contributed by atoms with Crippen LogP contribution in [0.2, 0.25) is 0 Å². The molecule has 4 nitrogen and oxygen atoms in total. The van der Waals surface area contributed by atoms with Crippen molar-refractivity contribution in [1.29, 1.82) is 0 Å². The molecule has 18 heavy (non-hydrogen) atoms. The topological polar surface area (TPSA) is 58.6 Å². The number of nitrogens with one attached hydrogen (secondary N) is 1. The van der Waals surface area contributed by atoms with Crippen LogP contribution in [0.4, 0.5) is 4.39 Å². The molecule has 1 unspecified atom stereocenters. The molecule has 1 aliphatic heterocycles. The maximum atomic E-state index is 12.9. The van der Waals surface area contributed by atoms with E-state index >= 15 is 0 Å². The van der Waals surface area contributed by atoms with Crippen LogP contribution in [0, 0.1) is 12.7 Å². The molecule has 0 aromatic heterocycles. The van der Waals surface area contributed by atoms with Crippen LogP contribution in [-0.4, -0.2) is 36.4 Å². The number of rotatable bonds is 3. The van der Waals surface area contributed by atoms with Gasteiger partial charge in [0.15, 0.2) is 0 Å². The van der Waals surface area contributed by atoms with E-state index in [9.17, 15) is 14.3 Å². The molecule has 0 spiro atoms. The summed E-state index contributed by atoms with van der Waals surface area (Å²) in [5.74, 6) is -0.681. The smallest absolute Gasteiger partial charge is 0.251 e. The zero-order valence-corrected chi connectivity index (χ0v) is 10.2. The number of aliphatic hydroxyl groups is 1. The van der Waals surface area contributed by atoms with Gasteiger partial charge in [0, 0.05) is 25.1 Å². The molecule has 0 saturated carbocycles. The van der Waals surface area contributed by atoms with Crippen LogP contribution in [0.1, 0.15) is 22.3 Å². The fourth-order valence-corrected chi connectivity index (χ4v) is 1.96. The average molecular weight is 253 g/mol. The number of hydrogen-bond acceptors (Lipinski definition) is 3. The van der Waals surface area contributed by atoms with Crippen LogP contribution in [0.3, 0.4) is 0 Å². The van der Waals surface area contributed by atoms with Gasteiger partial charge >= 0.3 is 0 Å². The van der Waals surface area contributed by atoms with E-state index in [2.05, 4.69) is 5.32 Å². The molecule has 1 atom stereocenters. The third-order valence-corrected chi connectivity index (χ3v) is 3.09. The summed E-state index contributed by atoms with van der Waals surface area (Å²) < 4.78 is 18.0. The van der Waals surface area contributed by atoms with Gasteiger partial charge in [0.2, 0.25) is 0 Å². The lowest BCUT2D eigenvalue weighted by Crippen LogP contribution is -2.43. The number of benzene rings is 1. The number of halogens is 1. The van der Waals surface area contributed by atoms with Crippen molar-refractivity contribution in [3.05, 3.63) is 35.1 Å². The molecular weight excluding hydrogens is 237 g/mol. The largest absolute Gasteiger partial charge is 0.386 e. The molecule has 0 aliphatic carbocycles. The van der Waals surface area contributed by atoms with Gasteiger partial charge in [-0.3, -0.25) is 4.79 Å². The molecule has 1 amide bonds. The van der Waals surface area contributed by atoms with Gasteiger partial charge in [0.1, 0.15) is 11.4 Å². The van der Waals surface area contributed by atoms with Crippen molar-refractivity contribution < 1.29 is 19.0 Å². The molecule has 1 aromatic carbocycles. The Morgan fingerprint density at radius 1 is 1.61 bits per heavy atom. The lowest BCUT2D eigenvalue weighted by atomic mass is 10.0. The molecule has 0 bridgehead atoms. The summed E-state index contributed by atoms with van der Waals surface area (Å²) in [6.45, 7) is 2.55. The highest BCUT2D eigenvalue weighted by molar-refractivity contribution is 5.95. The van der Waals surface area contributed by atoms with Gasteiger partial charge in [-0.2, -0.15) is 0 Å². The van der Waals surface area contributed by atoms with Crippen molar-refractivity contribution in [2.24, 2.45) is 0 Å².